The first-order chi connectivity index (χ1) is 12.8. The second-order valence-corrected chi connectivity index (χ2v) is 8.35. The Bertz CT molecular complexity index is 647. The third-order valence-corrected chi connectivity index (χ3v) is 4.90. The summed E-state index contributed by atoms with van der Waals surface area (Å²) in [6.07, 6.45) is 5.20. The number of amides is 2. The predicted octanol–water partition coefficient (Wildman–Crippen LogP) is 2.14. The third kappa shape index (κ3) is 5.55. The fourth-order valence-electron chi connectivity index (χ4n) is 3.38. The van der Waals surface area contributed by atoms with Crippen molar-refractivity contribution in [1.29, 1.82) is 0 Å². The van der Waals surface area contributed by atoms with Gasteiger partial charge in [0.1, 0.15) is 17.7 Å². The average Bonchev–Trinajstić information content (AvgIpc) is 2.57. The molecule has 148 valence electrons. The molecule has 0 aromatic carbocycles. The van der Waals surface area contributed by atoms with Crippen LogP contribution in [-0.2, 0) is 9.53 Å². The second-order valence-electron chi connectivity index (χ2n) is 8.35. The first kappa shape index (κ1) is 19.4. The second kappa shape index (κ2) is 8.10. The lowest BCUT2D eigenvalue weighted by atomic mass is 9.92. The summed E-state index contributed by atoms with van der Waals surface area (Å²) in [6.45, 7) is 8.34. The number of carbonyl (C=O) groups excluding carboxylic acids is 2. The third-order valence-electron chi connectivity index (χ3n) is 4.90. The number of rotatable bonds is 4. The molecule has 27 heavy (non-hydrogen) atoms. The number of hydrogen-bond acceptors (Lipinski definition) is 6. The minimum absolute atomic E-state index is 0.200. The van der Waals surface area contributed by atoms with E-state index in [1.807, 2.05) is 31.7 Å². The molecule has 2 aliphatic heterocycles. The van der Waals surface area contributed by atoms with Crippen LogP contribution < -0.4 is 5.32 Å². The maximum Gasteiger partial charge on any atom is 0.410 e. The number of anilines is 1. The molecule has 0 spiro atoms. The van der Waals surface area contributed by atoms with Crippen LogP contribution >= 0.6 is 0 Å². The van der Waals surface area contributed by atoms with Crippen LogP contribution in [0.15, 0.2) is 18.6 Å². The van der Waals surface area contributed by atoms with E-state index in [0.29, 0.717) is 38.5 Å². The molecule has 2 amide bonds. The summed E-state index contributed by atoms with van der Waals surface area (Å²) in [5, 5.41) is 3.30. The van der Waals surface area contributed by atoms with Crippen molar-refractivity contribution >= 4 is 17.8 Å². The van der Waals surface area contributed by atoms with Crippen molar-refractivity contribution in [3.63, 3.8) is 0 Å². The zero-order chi connectivity index (χ0) is 19.4. The summed E-state index contributed by atoms with van der Waals surface area (Å²) in [4.78, 5) is 36.2. The Morgan fingerprint density at radius 1 is 1.22 bits per heavy atom. The van der Waals surface area contributed by atoms with Crippen LogP contribution in [0.5, 0.6) is 0 Å². The number of nitrogens with zero attached hydrogens (tertiary/aromatic N) is 4. The largest absolute Gasteiger partial charge is 0.444 e. The predicted molar refractivity (Wildman–Crippen MR) is 101 cm³/mol. The van der Waals surface area contributed by atoms with Crippen molar-refractivity contribution in [3.8, 4) is 0 Å². The van der Waals surface area contributed by atoms with E-state index in [9.17, 15) is 9.59 Å². The Morgan fingerprint density at radius 3 is 2.52 bits per heavy atom. The molecule has 0 saturated carbocycles. The van der Waals surface area contributed by atoms with E-state index in [1.165, 1.54) is 6.33 Å². The molecular formula is C19H29N5O3. The topological polar surface area (TPSA) is 87.7 Å². The molecule has 2 saturated heterocycles. The summed E-state index contributed by atoms with van der Waals surface area (Å²) in [5.41, 5.74) is -0.474. The van der Waals surface area contributed by atoms with E-state index in [-0.39, 0.29) is 18.0 Å². The van der Waals surface area contributed by atoms with Gasteiger partial charge >= 0.3 is 6.09 Å². The van der Waals surface area contributed by atoms with Gasteiger partial charge in [-0.15, -0.1) is 0 Å². The van der Waals surface area contributed by atoms with E-state index >= 15 is 0 Å². The highest BCUT2D eigenvalue weighted by Crippen LogP contribution is 2.24. The SMILES string of the molecule is CC(C)(C)OC(=O)N1CCC(CC(=O)N2CC(Nc3ccncn3)C2)CC1. The number of aromatic nitrogens is 2. The Hall–Kier alpha value is -2.38. The summed E-state index contributed by atoms with van der Waals surface area (Å²) in [5.74, 6) is 1.33. The number of likely N-dealkylation sites (tertiary alicyclic amines) is 2. The summed E-state index contributed by atoms with van der Waals surface area (Å²) >= 11 is 0. The quantitative estimate of drug-likeness (QED) is 0.867. The van der Waals surface area contributed by atoms with Gasteiger partial charge in [0.25, 0.3) is 0 Å². The number of piperidine rings is 1. The van der Waals surface area contributed by atoms with Gasteiger partial charge in [0, 0.05) is 38.8 Å². The molecule has 8 nitrogen and oxygen atoms in total. The lowest BCUT2D eigenvalue weighted by molar-refractivity contribution is -0.136. The van der Waals surface area contributed by atoms with Crippen molar-refractivity contribution < 1.29 is 14.3 Å². The van der Waals surface area contributed by atoms with E-state index in [0.717, 1.165) is 18.7 Å². The molecule has 8 heteroatoms. The number of carbonyl (C=O) groups is 2. The Labute approximate surface area is 160 Å². The maximum atomic E-state index is 12.5. The zero-order valence-corrected chi connectivity index (χ0v) is 16.4. The van der Waals surface area contributed by atoms with Crippen LogP contribution in [0.25, 0.3) is 0 Å². The van der Waals surface area contributed by atoms with E-state index in [1.54, 1.807) is 11.1 Å². The van der Waals surface area contributed by atoms with Gasteiger partial charge in [-0.05, 0) is 45.6 Å². The van der Waals surface area contributed by atoms with Gasteiger partial charge in [0.2, 0.25) is 5.91 Å². The van der Waals surface area contributed by atoms with Crippen LogP contribution in [0.2, 0.25) is 0 Å². The van der Waals surface area contributed by atoms with Crippen molar-refractivity contribution in [1.82, 2.24) is 19.8 Å². The molecule has 2 aliphatic rings. The molecule has 0 aliphatic carbocycles. The van der Waals surface area contributed by atoms with Gasteiger partial charge in [0.05, 0.1) is 6.04 Å². The van der Waals surface area contributed by atoms with Crippen molar-refractivity contribution in [3.05, 3.63) is 18.6 Å². The number of hydrogen-bond donors (Lipinski definition) is 1. The Morgan fingerprint density at radius 2 is 1.93 bits per heavy atom. The van der Waals surface area contributed by atoms with Crippen molar-refractivity contribution in [2.75, 3.05) is 31.5 Å². The standard InChI is InChI=1S/C19H29N5O3/c1-19(2,3)27-18(26)23-8-5-14(6-9-23)10-17(25)24-11-15(12-24)22-16-4-7-20-13-21-16/h4,7,13-15H,5-6,8-12H2,1-3H3,(H,20,21,22). The molecule has 0 atom stereocenters. The van der Waals surface area contributed by atoms with Gasteiger partial charge in [-0.3, -0.25) is 4.79 Å². The minimum Gasteiger partial charge on any atom is -0.444 e. The van der Waals surface area contributed by atoms with Crippen molar-refractivity contribution in [2.45, 2.75) is 51.7 Å². The minimum atomic E-state index is -0.474. The summed E-state index contributed by atoms with van der Waals surface area (Å²) in [6, 6.07) is 2.07. The van der Waals surface area contributed by atoms with Crippen molar-refractivity contribution in [2.24, 2.45) is 5.92 Å². The fraction of sp³-hybridized carbons (Fsp3) is 0.684. The van der Waals surface area contributed by atoms with Crippen LogP contribution in [0, 0.1) is 5.92 Å². The van der Waals surface area contributed by atoms with Gasteiger partial charge in [-0.25, -0.2) is 14.8 Å². The zero-order valence-electron chi connectivity index (χ0n) is 16.4. The van der Waals surface area contributed by atoms with Crippen LogP contribution in [0.4, 0.5) is 10.6 Å². The van der Waals surface area contributed by atoms with Gasteiger partial charge in [-0.2, -0.15) is 0 Å². The van der Waals surface area contributed by atoms with E-state index < -0.39 is 5.60 Å². The van der Waals surface area contributed by atoms with Gasteiger partial charge in [0.15, 0.2) is 0 Å². The lowest BCUT2D eigenvalue weighted by Gasteiger charge is -2.41. The Kier molecular flexibility index (Phi) is 5.82. The molecule has 0 bridgehead atoms. The normalized spacial score (nSPS) is 18.8. The van der Waals surface area contributed by atoms with E-state index in [2.05, 4.69) is 15.3 Å². The number of nitrogens with one attached hydrogen (secondary N) is 1. The maximum absolute atomic E-state index is 12.5. The summed E-state index contributed by atoms with van der Waals surface area (Å²) in [7, 11) is 0. The molecule has 1 aromatic heterocycles. The highest BCUT2D eigenvalue weighted by molar-refractivity contribution is 5.77. The van der Waals surface area contributed by atoms with Gasteiger partial charge in [-0.1, -0.05) is 0 Å². The summed E-state index contributed by atoms with van der Waals surface area (Å²) < 4.78 is 5.41. The molecular weight excluding hydrogens is 346 g/mol. The Balaban J connectivity index is 1.35. The molecule has 3 heterocycles. The van der Waals surface area contributed by atoms with Crippen LogP contribution in [-0.4, -0.2) is 69.6 Å². The number of ether oxygens (including phenoxy) is 1. The first-order valence-corrected chi connectivity index (χ1v) is 9.58. The van der Waals surface area contributed by atoms with Gasteiger partial charge < -0.3 is 19.9 Å². The highest BCUT2D eigenvalue weighted by Gasteiger charge is 2.33. The monoisotopic (exact) mass is 375 g/mol. The highest BCUT2D eigenvalue weighted by atomic mass is 16.6. The fourth-order valence-corrected chi connectivity index (χ4v) is 3.38. The average molecular weight is 375 g/mol. The first-order valence-electron chi connectivity index (χ1n) is 9.58. The molecule has 3 rings (SSSR count). The smallest absolute Gasteiger partial charge is 0.410 e. The molecule has 1 aromatic rings. The molecule has 2 fully saturated rings. The van der Waals surface area contributed by atoms with E-state index in [4.69, 9.17) is 4.74 Å². The van der Waals surface area contributed by atoms with Crippen LogP contribution in [0.1, 0.15) is 40.0 Å². The lowest BCUT2D eigenvalue weighted by Crippen LogP contribution is -2.57. The van der Waals surface area contributed by atoms with Crippen LogP contribution in [0.3, 0.4) is 0 Å². The molecule has 0 unspecified atom stereocenters. The molecule has 1 N–H and O–H groups in total. The molecule has 0 radical (unpaired) electrons.